The summed E-state index contributed by atoms with van der Waals surface area (Å²) in [6, 6.07) is 0. The second-order valence-electron chi connectivity index (χ2n) is 6.18. The van der Waals surface area contributed by atoms with Crippen LogP contribution < -0.4 is 0 Å². The van der Waals surface area contributed by atoms with Gasteiger partial charge in [0.25, 0.3) is 5.95 Å². The molecule has 0 bridgehead atoms. The standard InChI is InChI=1S/C11H24O2Si2/c1-14(2,3)10-8-7-9-12-11(10)13-15(4,5)6/h7-9H2,1-6H3. The van der Waals surface area contributed by atoms with Crippen molar-refractivity contribution >= 4 is 16.4 Å². The molecule has 0 aromatic carbocycles. The van der Waals surface area contributed by atoms with E-state index in [2.05, 4.69) is 39.3 Å². The maximum Gasteiger partial charge on any atom is 0.260 e. The minimum Gasteiger partial charge on any atom is -0.520 e. The molecule has 0 saturated carbocycles. The molecule has 0 fully saturated rings. The topological polar surface area (TPSA) is 18.5 Å². The summed E-state index contributed by atoms with van der Waals surface area (Å²) in [4.78, 5) is 0. The van der Waals surface area contributed by atoms with E-state index in [9.17, 15) is 0 Å². The maximum absolute atomic E-state index is 6.05. The highest BCUT2D eigenvalue weighted by molar-refractivity contribution is 6.83. The van der Waals surface area contributed by atoms with Gasteiger partial charge in [0.2, 0.25) is 8.32 Å². The van der Waals surface area contributed by atoms with Crippen molar-refractivity contribution in [2.75, 3.05) is 6.61 Å². The van der Waals surface area contributed by atoms with Gasteiger partial charge in [-0.25, -0.2) is 0 Å². The van der Waals surface area contributed by atoms with Crippen molar-refractivity contribution in [3.05, 3.63) is 11.1 Å². The Labute approximate surface area is 95.8 Å². The van der Waals surface area contributed by atoms with E-state index in [1.807, 2.05) is 0 Å². The number of rotatable bonds is 3. The Balaban J connectivity index is 2.92. The van der Waals surface area contributed by atoms with Gasteiger partial charge in [0, 0.05) is 0 Å². The number of allylic oxidation sites excluding steroid dienone is 1. The van der Waals surface area contributed by atoms with Crippen LogP contribution in [0.4, 0.5) is 0 Å². The van der Waals surface area contributed by atoms with Gasteiger partial charge in [-0.2, -0.15) is 0 Å². The highest BCUT2D eigenvalue weighted by atomic mass is 28.4. The van der Waals surface area contributed by atoms with Gasteiger partial charge in [-0.05, 0) is 37.7 Å². The molecule has 1 aliphatic rings. The van der Waals surface area contributed by atoms with Crippen molar-refractivity contribution < 1.29 is 9.16 Å². The van der Waals surface area contributed by atoms with Crippen LogP contribution in [-0.2, 0) is 9.16 Å². The SMILES string of the molecule is C[Si](C)(C)OC1=C([Si](C)(C)C)CCCO1. The molecular formula is C11H24O2Si2. The van der Waals surface area contributed by atoms with Gasteiger partial charge >= 0.3 is 0 Å². The van der Waals surface area contributed by atoms with Crippen LogP contribution in [0.25, 0.3) is 0 Å². The van der Waals surface area contributed by atoms with Crippen molar-refractivity contribution in [3.8, 4) is 0 Å². The van der Waals surface area contributed by atoms with Crippen LogP contribution in [0.2, 0.25) is 39.3 Å². The zero-order chi connectivity index (χ0) is 11.7. The molecular weight excluding hydrogens is 220 g/mol. The largest absolute Gasteiger partial charge is 0.520 e. The lowest BCUT2D eigenvalue weighted by atomic mass is 10.3. The number of hydrogen-bond acceptors (Lipinski definition) is 2. The fourth-order valence-corrected chi connectivity index (χ4v) is 4.16. The molecule has 0 saturated heterocycles. The van der Waals surface area contributed by atoms with Gasteiger partial charge < -0.3 is 9.16 Å². The summed E-state index contributed by atoms with van der Waals surface area (Å²) < 4.78 is 11.8. The lowest BCUT2D eigenvalue weighted by Crippen LogP contribution is -2.33. The first-order valence-electron chi connectivity index (χ1n) is 5.75. The van der Waals surface area contributed by atoms with Crippen molar-refractivity contribution in [1.82, 2.24) is 0 Å². The van der Waals surface area contributed by atoms with E-state index in [0.717, 1.165) is 19.0 Å². The molecule has 88 valence electrons. The second-order valence-corrected chi connectivity index (χ2v) is 15.7. The molecule has 1 heterocycles. The van der Waals surface area contributed by atoms with Crippen molar-refractivity contribution in [3.63, 3.8) is 0 Å². The fourth-order valence-electron chi connectivity index (χ4n) is 1.65. The van der Waals surface area contributed by atoms with E-state index in [4.69, 9.17) is 9.16 Å². The molecule has 1 aliphatic heterocycles. The monoisotopic (exact) mass is 244 g/mol. The Hall–Kier alpha value is -0.226. The van der Waals surface area contributed by atoms with Gasteiger partial charge in [0.15, 0.2) is 0 Å². The van der Waals surface area contributed by atoms with E-state index in [-0.39, 0.29) is 0 Å². The van der Waals surface area contributed by atoms with E-state index in [1.54, 1.807) is 0 Å². The molecule has 0 N–H and O–H groups in total. The summed E-state index contributed by atoms with van der Waals surface area (Å²) in [5.41, 5.74) is 0. The minimum atomic E-state index is -1.53. The predicted octanol–water partition coefficient (Wildman–Crippen LogP) is 3.74. The van der Waals surface area contributed by atoms with E-state index in [1.165, 1.54) is 11.6 Å². The van der Waals surface area contributed by atoms with Gasteiger partial charge in [-0.1, -0.05) is 19.6 Å². The normalized spacial score (nSPS) is 18.8. The summed E-state index contributed by atoms with van der Waals surface area (Å²) in [6.45, 7) is 14.5. The molecule has 15 heavy (non-hydrogen) atoms. The Bertz CT molecular complexity index is 259. The Kier molecular flexibility index (Phi) is 3.71. The predicted molar refractivity (Wildman–Crippen MR) is 70.0 cm³/mol. The average molecular weight is 244 g/mol. The summed E-state index contributed by atoms with van der Waals surface area (Å²) in [6.07, 6.45) is 2.33. The van der Waals surface area contributed by atoms with Crippen molar-refractivity contribution in [2.24, 2.45) is 0 Å². The second kappa shape index (κ2) is 4.33. The molecule has 0 aromatic heterocycles. The molecule has 1 rings (SSSR count). The average Bonchev–Trinajstić information content (AvgIpc) is 1.99. The van der Waals surface area contributed by atoms with Gasteiger partial charge in [0.1, 0.15) is 0 Å². The lowest BCUT2D eigenvalue weighted by Gasteiger charge is -2.31. The highest BCUT2D eigenvalue weighted by Gasteiger charge is 2.30. The number of ether oxygens (including phenoxy) is 1. The van der Waals surface area contributed by atoms with Crippen LogP contribution in [0.15, 0.2) is 11.1 Å². The number of hydrogen-bond donors (Lipinski definition) is 0. The maximum atomic E-state index is 6.05. The molecule has 0 atom stereocenters. The zero-order valence-corrected chi connectivity index (χ0v) is 12.9. The highest BCUT2D eigenvalue weighted by Crippen LogP contribution is 2.30. The first-order valence-corrected chi connectivity index (χ1v) is 12.7. The first kappa shape index (κ1) is 12.8. The van der Waals surface area contributed by atoms with Crippen LogP contribution in [0, 0.1) is 0 Å². The van der Waals surface area contributed by atoms with Crippen LogP contribution in [0.1, 0.15) is 12.8 Å². The van der Waals surface area contributed by atoms with Crippen LogP contribution >= 0.6 is 0 Å². The van der Waals surface area contributed by atoms with Gasteiger partial charge in [-0.15, -0.1) is 0 Å². The summed E-state index contributed by atoms with van der Waals surface area (Å²) in [7, 11) is -2.79. The smallest absolute Gasteiger partial charge is 0.260 e. The first-order chi connectivity index (χ1) is 6.70. The third-order valence-corrected chi connectivity index (χ3v) is 5.42. The summed E-state index contributed by atoms with van der Waals surface area (Å²) in [5.74, 6) is 0.889. The summed E-state index contributed by atoms with van der Waals surface area (Å²) in [5, 5.41) is 1.48. The Morgan fingerprint density at radius 1 is 1.07 bits per heavy atom. The Morgan fingerprint density at radius 2 is 1.67 bits per heavy atom. The molecule has 0 aromatic rings. The summed E-state index contributed by atoms with van der Waals surface area (Å²) >= 11 is 0. The van der Waals surface area contributed by atoms with Gasteiger partial charge in [0.05, 0.1) is 14.7 Å². The minimum absolute atomic E-state index is 0.827. The fraction of sp³-hybridized carbons (Fsp3) is 0.818. The Morgan fingerprint density at radius 3 is 2.13 bits per heavy atom. The molecule has 0 amide bonds. The van der Waals surface area contributed by atoms with Crippen LogP contribution in [0.5, 0.6) is 0 Å². The van der Waals surface area contributed by atoms with E-state index < -0.39 is 16.4 Å². The third-order valence-electron chi connectivity index (χ3n) is 2.35. The van der Waals surface area contributed by atoms with Crippen LogP contribution in [-0.4, -0.2) is 23.0 Å². The van der Waals surface area contributed by atoms with E-state index >= 15 is 0 Å². The molecule has 0 unspecified atom stereocenters. The molecule has 4 heteroatoms. The zero-order valence-electron chi connectivity index (χ0n) is 10.9. The third kappa shape index (κ3) is 4.03. The quantitative estimate of drug-likeness (QED) is 0.704. The molecule has 0 radical (unpaired) electrons. The lowest BCUT2D eigenvalue weighted by molar-refractivity contribution is 0.0856. The molecule has 0 spiro atoms. The van der Waals surface area contributed by atoms with Gasteiger partial charge in [-0.3, -0.25) is 0 Å². The molecule has 2 nitrogen and oxygen atoms in total. The van der Waals surface area contributed by atoms with E-state index in [0.29, 0.717) is 0 Å². The van der Waals surface area contributed by atoms with Crippen LogP contribution in [0.3, 0.4) is 0 Å². The van der Waals surface area contributed by atoms with Crippen molar-refractivity contribution in [2.45, 2.75) is 52.1 Å². The molecule has 0 aliphatic carbocycles. The van der Waals surface area contributed by atoms with Crippen molar-refractivity contribution in [1.29, 1.82) is 0 Å².